The number of ether oxygens (including phenoxy) is 2. The van der Waals surface area contributed by atoms with Gasteiger partial charge in [0.25, 0.3) is 0 Å². The largest absolute Gasteiger partial charge is 0.461 e. The predicted octanol–water partition coefficient (Wildman–Crippen LogP) is 8.12. The zero-order valence-electron chi connectivity index (χ0n) is 25.3. The number of unbranched alkanes of at least 4 members (excludes halogenated alkanes) is 9. The lowest BCUT2D eigenvalue weighted by molar-refractivity contribution is 0.00914. The Hall–Kier alpha value is -2.83. The highest BCUT2D eigenvalue weighted by Gasteiger charge is 2.16. The molecule has 6 heteroatoms. The van der Waals surface area contributed by atoms with Gasteiger partial charge in [-0.15, -0.1) is 0 Å². The predicted molar refractivity (Wildman–Crippen MR) is 164 cm³/mol. The van der Waals surface area contributed by atoms with Gasteiger partial charge in [0.15, 0.2) is 11.6 Å². The van der Waals surface area contributed by atoms with Gasteiger partial charge in [0.1, 0.15) is 12.7 Å². The number of rotatable bonds is 18. The smallest absolute Gasteiger partial charge is 0.320 e. The van der Waals surface area contributed by atoms with Gasteiger partial charge in [0, 0.05) is 17.7 Å². The molecule has 1 heterocycles. The van der Waals surface area contributed by atoms with Crippen molar-refractivity contribution >= 4 is 0 Å². The van der Waals surface area contributed by atoms with Gasteiger partial charge in [-0.25, -0.2) is 4.98 Å². The first-order valence-electron chi connectivity index (χ1n) is 15.2. The summed E-state index contributed by atoms with van der Waals surface area (Å²) in [5, 5.41) is 10.5. The Bertz CT molecular complexity index is 1110. The van der Waals surface area contributed by atoms with Gasteiger partial charge in [-0.3, -0.25) is 0 Å². The van der Waals surface area contributed by atoms with Crippen LogP contribution in [-0.2, 0) is 4.74 Å². The van der Waals surface area contributed by atoms with Gasteiger partial charge in [-0.1, -0.05) is 112 Å². The molecule has 0 saturated carbocycles. The van der Waals surface area contributed by atoms with E-state index in [-0.39, 0.29) is 19.2 Å². The summed E-state index contributed by atoms with van der Waals surface area (Å²) in [5.74, 6) is 1.12. The quantitative estimate of drug-likeness (QED) is 0.162. The average molecular weight is 548 g/mol. The fourth-order valence-corrected chi connectivity index (χ4v) is 4.92. The highest BCUT2D eigenvalue weighted by Crippen LogP contribution is 2.27. The number of aliphatic hydroxyl groups excluding tert-OH is 1. The molecule has 0 aliphatic rings. The number of hydrogen-bond acceptors (Lipinski definition) is 6. The van der Waals surface area contributed by atoms with Crippen molar-refractivity contribution < 1.29 is 14.6 Å². The molecule has 218 valence electrons. The second-order valence-corrected chi connectivity index (χ2v) is 11.1. The minimum atomic E-state index is -0.756. The Labute approximate surface area is 241 Å². The van der Waals surface area contributed by atoms with E-state index in [4.69, 9.17) is 14.5 Å². The van der Waals surface area contributed by atoms with E-state index in [0.717, 1.165) is 28.7 Å². The van der Waals surface area contributed by atoms with E-state index in [1.807, 2.05) is 12.1 Å². The summed E-state index contributed by atoms with van der Waals surface area (Å²) in [6.07, 6.45) is 12.1. The van der Waals surface area contributed by atoms with Crippen LogP contribution in [0.25, 0.3) is 22.8 Å². The van der Waals surface area contributed by atoms with Crippen LogP contribution in [0.5, 0.6) is 6.01 Å². The molecule has 1 unspecified atom stereocenters. The molecule has 0 aliphatic carbocycles. The van der Waals surface area contributed by atoms with Crippen LogP contribution in [0, 0.1) is 27.7 Å². The lowest BCUT2D eigenvalue weighted by Gasteiger charge is -2.14. The Kier molecular flexibility index (Phi) is 13.5. The van der Waals surface area contributed by atoms with Crippen molar-refractivity contribution in [2.24, 2.45) is 0 Å². The normalized spacial score (nSPS) is 12.1. The molecule has 1 aromatic heterocycles. The van der Waals surface area contributed by atoms with Crippen LogP contribution in [-0.4, -0.2) is 46.0 Å². The number of benzene rings is 2. The van der Waals surface area contributed by atoms with Crippen molar-refractivity contribution in [2.45, 2.75) is 105 Å². The van der Waals surface area contributed by atoms with Crippen LogP contribution in [0.15, 0.2) is 36.4 Å². The van der Waals surface area contributed by atoms with Gasteiger partial charge in [0.05, 0.1) is 6.61 Å². The van der Waals surface area contributed by atoms with Crippen LogP contribution in [0.4, 0.5) is 0 Å². The molecule has 40 heavy (non-hydrogen) atoms. The van der Waals surface area contributed by atoms with E-state index in [1.165, 1.54) is 68.9 Å². The van der Waals surface area contributed by atoms with Crippen molar-refractivity contribution in [1.29, 1.82) is 0 Å². The summed E-state index contributed by atoms with van der Waals surface area (Å²) in [4.78, 5) is 14.0. The second-order valence-electron chi connectivity index (χ2n) is 11.1. The Morgan fingerprint density at radius 3 is 1.65 bits per heavy atom. The first kappa shape index (κ1) is 31.7. The Morgan fingerprint density at radius 1 is 0.650 bits per heavy atom. The van der Waals surface area contributed by atoms with E-state index in [0.29, 0.717) is 18.3 Å². The average Bonchev–Trinajstić information content (AvgIpc) is 2.92. The van der Waals surface area contributed by atoms with Crippen LogP contribution >= 0.6 is 0 Å². The third kappa shape index (κ3) is 10.6. The molecule has 0 fully saturated rings. The fourth-order valence-electron chi connectivity index (χ4n) is 4.92. The summed E-state index contributed by atoms with van der Waals surface area (Å²) >= 11 is 0. The fraction of sp³-hybridized carbons (Fsp3) is 0.559. The minimum absolute atomic E-state index is 0.0562. The molecule has 0 radical (unpaired) electrons. The van der Waals surface area contributed by atoms with Crippen molar-refractivity contribution in [1.82, 2.24) is 15.0 Å². The van der Waals surface area contributed by atoms with Gasteiger partial charge < -0.3 is 14.6 Å². The van der Waals surface area contributed by atoms with E-state index in [2.05, 4.69) is 68.9 Å². The van der Waals surface area contributed by atoms with Gasteiger partial charge in [0.2, 0.25) is 0 Å². The highest BCUT2D eigenvalue weighted by molar-refractivity contribution is 5.66. The van der Waals surface area contributed by atoms with Gasteiger partial charge >= 0.3 is 6.01 Å². The molecule has 6 nitrogen and oxygen atoms in total. The number of nitrogens with zero attached hydrogens (tertiary/aromatic N) is 3. The molecule has 1 atom stereocenters. The molecule has 0 spiro atoms. The van der Waals surface area contributed by atoms with E-state index >= 15 is 0 Å². The number of hydrogen-bond donors (Lipinski definition) is 1. The Balaban J connectivity index is 1.51. The molecule has 0 aliphatic heterocycles. The number of aryl methyl sites for hydroxylation is 4. The lowest BCUT2D eigenvalue weighted by atomic mass is 10.0. The van der Waals surface area contributed by atoms with E-state index < -0.39 is 6.10 Å². The maximum absolute atomic E-state index is 10.5. The second kappa shape index (κ2) is 17.1. The first-order valence-corrected chi connectivity index (χ1v) is 15.2. The van der Waals surface area contributed by atoms with Crippen LogP contribution in [0.3, 0.4) is 0 Å². The summed E-state index contributed by atoms with van der Waals surface area (Å²) in [6, 6.07) is 12.6. The zero-order chi connectivity index (χ0) is 28.7. The highest BCUT2D eigenvalue weighted by atomic mass is 16.5. The van der Waals surface area contributed by atoms with Crippen LogP contribution < -0.4 is 4.74 Å². The van der Waals surface area contributed by atoms with E-state index in [1.54, 1.807) is 0 Å². The van der Waals surface area contributed by atoms with Gasteiger partial charge in [-0.05, 0) is 45.2 Å². The first-order chi connectivity index (χ1) is 19.4. The maximum atomic E-state index is 10.5. The molecule has 2 aromatic carbocycles. The van der Waals surface area contributed by atoms with Crippen molar-refractivity contribution in [3.63, 3.8) is 0 Å². The van der Waals surface area contributed by atoms with Crippen LogP contribution in [0.2, 0.25) is 0 Å². The topological polar surface area (TPSA) is 77.4 Å². The van der Waals surface area contributed by atoms with Crippen LogP contribution in [0.1, 0.15) is 93.4 Å². The van der Waals surface area contributed by atoms with Crippen molar-refractivity contribution in [3.8, 4) is 28.8 Å². The molecule has 1 N–H and O–H groups in total. The molecule has 0 amide bonds. The summed E-state index contributed by atoms with van der Waals surface area (Å²) < 4.78 is 11.6. The molecule has 3 rings (SSSR count). The summed E-state index contributed by atoms with van der Waals surface area (Å²) in [5.41, 5.74) is 6.41. The molecule has 3 aromatic rings. The number of aromatic nitrogens is 3. The standard InChI is InChI=1S/C34H49N3O3/c1-6-7-8-9-10-11-12-13-14-15-20-39-23-29(38)24-40-34-36-32(30-18-16-25(2)21-27(30)4)35-33(37-34)31-19-17-26(3)22-28(31)5/h16-19,21-22,29,38H,6-15,20,23-24H2,1-5H3. The molecule has 0 saturated heterocycles. The van der Waals surface area contributed by atoms with Crippen molar-refractivity contribution in [3.05, 3.63) is 58.7 Å². The maximum Gasteiger partial charge on any atom is 0.320 e. The minimum Gasteiger partial charge on any atom is -0.461 e. The zero-order valence-corrected chi connectivity index (χ0v) is 25.3. The molecular weight excluding hydrogens is 498 g/mol. The van der Waals surface area contributed by atoms with Crippen molar-refractivity contribution in [2.75, 3.05) is 19.8 Å². The number of aliphatic hydroxyl groups is 1. The third-order valence-corrected chi connectivity index (χ3v) is 7.22. The summed E-state index contributed by atoms with van der Waals surface area (Å²) in [7, 11) is 0. The van der Waals surface area contributed by atoms with E-state index in [9.17, 15) is 5.11 Å². The monoisotopic (exact) mass is 547 g/mol. The molecular formula is C34H49N3O3. The Morgan fingerprint density at radius 2 is 1.15 bits per heavy atom. The lowest BCUT2D eigenvalue weighted by Crippen LogP contribution is -2.24. The third-order valence-electron chi connectivity index (χ3n) is 7.22. The van der Waals surface area contributed by atoms with Gasteiger partial charge in [-0.2, -0.15) is 9.97 Å². The summed E-state index contributed by atoms with van der Waals surface area (Å²) in [6.45, 7) is 11.5. The SMILES string of the molecule is CCCCCCCCCCCCOCC(O)COc1nc(-c2ccc(C)cc2C)nc(-c2ccc(C)cc2C)n1. The molecule has 0 bridgehead atoms.